The molecule has 0 bridgehead atoms. The van der Waals surface area contributed by atoms with Gasteiger partial charge in [0.05, 0.1) is 16.6 Å². The fourth-order valence-electron chi connectivity index (χ4n) is 2.57. The van der Waals surface area contributed by atoms with Gasteiger partial charge in [0, 0.05) is 0 Å². The Hall–Kier alpha value is -1.07. The molecule has 0 unspecified atom stereocenters. The van der Waals surface area contributed by atoms with Crippen molar-refractivity contribution in [2.75, 3.05) is 13.2 Å². The van der Waals surface area contributed by atoms with Crippen LogP contribution in [0.1, 0.15) is 31.2 Å². The monoisotopic (exact) mass is 341 g/mol. The normalized spacial score (nSPS) is 16.9. The minimum absolute atomic E-state index is 0.00698. The average Bonchev–Trinajstić information content (AvgIpc) is 2.87. The Balaban J connectivity index is 1.89. The number of carbonyl (C=O) groups excluding carboxylic acids is 1. The van der Waals surface area contributed by atoms with Gasteiger partial charge in [-0.25, -0.2) is 0 Å². The maximum atomic E-state index is 12.0. The van der Waals surface area contributed by atoms with Gasteiger partial charge in [-0.1, -0.05) is 18.9 Å². The molecule has 1 aromatic carbocycles. The smallest absolute Gasteiger partial charge is 0.258 e. The molecule has 0 heterocycles. The number of aliphatic hydroxyl groups excluding tert-OH is 1. The second kappa shape index (κ2) is 6.59. The molecule has 1 amide bonds. The standard InChI is InChI=1S/C15H20BrNO3/c1-11-4-5-13(12(16)8-11)20-9-14(19)17-15(10-18)6-2-3-7-15/h4-5,8,18H,2-3,6-7,9-10H2,1H3,(H,17,19). The van der Waals surface area contributed by atoms with Crippen molar-refractivity contribution < 1.29 is 14.6 Å². The largest absolute Gasteiger partial charge is 0.483 e. The molecule has 0 aliphatic heterocycles. The molecular weight excluding hydrogens is 322 g/mol. The van der Waals surface area contributed by atoms with Crippen LogP contribution in [0.15, 0.2) is 22.7 Å². The van der Waals surface area contributed by atoms with Crippen LogP contribution in [-0.4, -0.2) is 29.8 Å². The Morgan fingerprint density at radius 3 is 2.75 bits per heavy atom. The van der Waals surface area contributed by atoms with Gasteiger partial charge in [0.15, 0.2) is 6.61 Å². The molecule has 0 atom stereocenters. The van der Waals surface area contributed by atoms with Crippen molar-refractivity contribution in [1.82, 2.24) is 5.32 Å². The van der Waals surface area contributed by atoms with Crippen molar-refractivity contribution in [3.8, 4) is 5.75 Å². The summed E-state index contributed by atoms with van der Waals surface area (Å²) in [7, 11) is 0. The predicted octanol–water partition coefficient (Wildman–Crippen LogP) is 2.56. The van der Waals surface area contributed by atoms with Crippen LogP contribution in [0.5, 0.6) is 5.75 Å². The summed E-state index contributed by atoms with van der Waals surface area (Å²) < 4.78 is 6.35. The number of aliphatic hydroxyl groups is 1. The van der Waals surface area contributed by atoms with Crippen LogP contribution in [0.4, 0.5) is 0 Å². The summed E-state index contributed by atoms with van der Waals surface area (Å²) in [4.78, 5) is 12.0. The van der Waals surface area contributed by atoms with E-state index < -0.39 is 5.54 Å². The van der Waals surface area contributed by atoms with Crippen molar-refractivity contribution in [1.29, 1.82) is 0 Å². The van der Waals surface area contributed by atoms with Crippen LogP contribution < -0.4 is 10.1 Å². The molecule has 2 rings (SSSR count). The number of carbonyl (C=O) groups is 1. The van der Waals surface area contributed by atoms with Gasteiger partial charge in [-0.3, -0.25) is 4.79 Å². The highest BCUT2D eigenvalue weighted by Gasteiger charge is 2.34. The highest BCUT2D eigenvalue weighted by atomic mass is 79.9. The molecule has 0 aromatic heterocycles. The zero-order valence-corrected chi connectivity index (χ0v) is 13.2. The van der Waals surface area contributed by atoms with E-state index in [9.17, 15) is 9.90 Å². The lowest BCUT2D eigenvalue weighted by Gasteiger charge is -2.27. The Labute approximate surface area is 127 Å². The summed E-state index contributed by atoms with van der Waals surface area (Å²) >= 11 is 3.41. The Bertz CT molecular complexity index is 484. The van der Waals surface area contributed by atoms with Crippen LogP contribution in [0.25, 0.3) is 0 Å². The summed E-state index contributed by atoms with van der Waals surface area (Å²) in [5.41, 5.74) is 0.684. The first-order valence-corrected chi connectivity index (χ1v) is 7.65. The number of aryl methyl sites for hydroxylation is 1. The highest BCUT2D eigenvalue weighted by Crippen LogP contribution is 2.29. The fraction of sp³-hybridized carbons (Fsp3) is 0.533. The lowest BCUT2D eigenvalue weighted by Crippen LogP contribution is -2.50. The summed E-state index contributed by atoms with van der Waals surface area (Å²) in [5, 5.41) is 12.4. The number of benzene rings is 1. The van der Waals surface area contributed by atoms with E-state index in [1.807, 2.05) is 25.1 Å². The summed E-state index contributed by atoms with van der Waals surface area (Å²) in [5.74, 6) is 0.462. The molecule has 1 saturated carbocycles. The molecule has 1 aliphatic carbocycles. The van der Waals surface area contributed by atoms with E-state index in [1.165, 1.54) is 0 Å². The van der Waals surface area contributed by atoms with Crippen molar-refractivity contribution in [3.05, 3.63) is 28.2 Å². The van der Waals surface area contributed by atoms with Crippen LogP contribution in [0.3, 0.4) is 0 Å². The topological polar surface area (TPSA) is 58.6 Å². The molecule has 4 nitrogen and oxygen atoms in total. The minimum atomic E-state index is -0.440. The first kappa shape index (κ1) is 15.3. The molecule has 5 heteroatoms. The molecule has 20 heavy (non-hydrogen) atoms. The van der Waals surface area contributed by atoms with Gasteiger partial charge >= 0.3 is 0 Å². The lowest BCUT2D eigenvalue weighted by atomic mass is 9.99. The van der Waals surface area contributed by atoms with Gasteiger partial charge in [-0.05, 0) is 53.4 Å². The van der Waals surface area contributed by atoms with Crippen LogP contribution in [0.2, 0.25) is 0 Å². The SMILES string of the molecule is Cc1ccc(OCC(=O)NC2(CO)CCCC2)c(Br)c1. The number of halogens is 1. The number of nitrogens with one attached hydrogen (secondary N) is 1. The van der Waals surface area contributed by atoms with E-state index >= 15 is 0 Å². The van der Waals surface area contributed by atoms with E-state index in [1.54, 1.807) is 0 Å². The number of hydrogen-bond acceptors (Lipinski definition) is 3. The van der Waals surface area contributed by atoms with Gasteiger partial charge in [0.2, 0.25) is 0 Å². The molecule has 0 radical (unpaired) electrons. The first-order valence-electron chi connectivity index (χ1n) is 6.85. The Kier molecular flexibility index (Phi) is 5.05. The van der Waals surface area contributed by atoms with E-state index in [0.29, 0.717) is 5.75 Å². The summed E-state index contributed by atoms with van der Waals surface area (Å²) in [6.07, 6.45) is 3.77. The first-order chi connectivity index (χ1) is 9.54. The zero-order valence-electron chi connectivity index (χ0n) is 11.6. The van der Waals surface area contributed by atoms with E-state index in [2.05, 4.69) is 21.2 Å². The van der Waals surface area contributed by atoms with Gasteiger partial charge in [-0.2, -0.15) is 0 Å². The van der Waals surface area contributed by atoms with Crippen molar-refractivity contribution in [3.63, 3.8) is 0 Å². The maximum absolute atomic E-state index is 12.0. The quantitative estimate of drug-likeness (QED) is 0.865. The number of rotatable bonds is 5. The van der Waals surface area contributed by atoms with Crippen molar-refractivity contribution in [2.24, 2.45) is 0 Å². The molecule has 2 N–H and O–H groups in total. The van der Waals surface area contributed by atoms with Crippen LogP contribution >= 0.6 is 15.9 Å². The molecule has 110 valence electrons. The third-order valence-electron chi connectivity index (χ3n) is 3.71. The van der Waals surface area contributed by atoms with Gasteiger partial charge < -0.3 is 15.2 Å². The Morgan fingerprint density at radius 1 is 1.45 bits per heavy atom. The fourth-order valence-corrected chi connectivity index (χ4v) is 3.18. The number of hydrogen-bond donors (Lipinski definition) is 2. The van der Waals surface area contributed by atoms with E-state index in [-0.39, 0.29) is 19.1 Å². The van der Waals surface area contributed by atoms with Crippen LogP contribution in [-0.2, 0) is 4.79 Å². The predicted molar refractivity (Wildman–Crippen MR) is 80.8 cm³/mol. The molecule has 0 spiro atoms. The third-order valence-corrected chi connectivity index (χ3v) is 4.33. The summed E-state index contributed by atoms with van der Waals surface area (Å²) in [6, 6.07) is 5.72. The zero-order chi connectivity index (χ0) is 14.6. The Morgan fingerprint density at radius 2 is 2.15 bits per heavy atom. The lowest BCUT2D eigenvalue weighted by molar-refractivity contribution is -0.125. The second-order valence-corrected chi connectivity index (χ2v) is 6.27. The van der Waals surface area contributed by atoms with Crippen molar-refractivity contribution in [2.45, 2.75) is 38.1 Å². The van der Waals surface area contributed by atoms with E-state index in [0.717, 1.165) is 35.7 Å². The number of amides is 1. The third kappa shape index (κ3) is 3.73. The highest BCUT2D eigenvalue weighted by molar-refractivity contribution is 9.10. The summed E-state index contributed by atoms with van der Waals surface area (Å²) in [6.45, 7) is 1.95. The van der Waals surface area contributed by atoms with E-state index in [4.69, 9.17) is 4.74 Å². The molecule has 1 aliphatic rings. The molecule has 1 aromatic rings. The van der Waals surface area contributed by atoms with Crippen LogP contribution in [0, 0.1) is 6.92 Å². The van der Waals surface area contributed by atoms with Gasteiger partial charge in [0.1, 0.15) is 5.75 Å². The van der Waals surface area contributed by atoms with Crippen molar-refractivity contribution >= 4 is 21.8 Å². The van der Waals surface area contributed by atoms with Gasteiger partial charge in [-0.15, -0.1) is 0 Å². The molecule has 0 saturated heterocycles. The van der Waals surface area contributed by atoms with Gasteiger partial charge in [0.25, 0.3) is 5.91 Å². The molecule has 1 fully saturated rings. The second-order valence-electron chi connectivity index (χ2n) is 5.42. The average molecular weight is 342 g/mol. The minimum Gasteiger partial charge on any atom is -0.483 e. The molecular formula is C15H20BrNO3. The maximum Gasteiger partial charge on any atom is 0.258 e. The number of ether oxygens (including phenoxy) is 1.